The summed E-state index contributed by atoms with van der Waals surface area (Å²) in [5.74, 6) is 2.19. The Morgan fingerprint density at radius 3 is 2.81 bits per heavy atom. The first kappa shape index (κ1) is 20.6. The molecule has 0 atom stereocenters. The summed E-state index contributed by atoms with van der Waals surface area (Å²) in [4.78, 5) is 21.6. The summed E-state index contributed by atoms with van der Waals surface area (Å²) in [6.07, 6.45) is 0. The van der Waals surface area contributed by atoms with E-state index in [2.05, 4.69) is 15.6 Å². The van der Waals surface area contributed by atoms with Crippen molar-refractivity contribution in [3.63, 3.8) is 0 Å². The van der Waals surface area contributed by atoms with Gasteiger partial charge in [-0.15, -0.1) is 11.3 Å². The van der Waals surface area contributed by atoms with Crippen molar-refractivity contribution in [1.82, 2.24) is 14.8 Å². The Balaban J connectivity index is 1.13. The molecule has 9 heteroatoms. The van der Waals surface area contributed by atoms with Gasteiger partial charge in [-0.3, -0.25) is 4.90 Å². The Morgan fingerprint density at radius 1 is 1.12 bits per heavy atom. The highest BCUT2D eigenvalue weighted by Gasteiger charge is 2.23. The van der Waals surface area contributed by atoms with E-state index >= 15 is 0 Å². The molecule has 2 aromatic carbocycles. The molecular weight excluding hydrogens is 428 g/mol. The molecule has 32 heavy (non-hydrogen) atoms. The Morgan fingerprint density at radius 2 is 1.97 bits per heavy atom. The van der Waals surface area contributed by atoms with Gasteiger partial charge in [-0.2, -0.15) is 0 Å². The van der Waals surface area contributed by atoms with Gasteiger partial charge in [0.1, 0.15) is 10.8 Å². The molecule has 2 amide bonds. The molecule has 0 aliphatic carbocycles. The van der Waals surface area contributed by atoms with E-state index in [1.54, 1.807) is 24.5 Å². The lowest BCUT2D eigenvalue weighted by Crippen LogP contribution is -2.49. The predicted molar refractivity (Wildman–Crippen MR) is 123 cm³/mol. The summed E-state index contributed by atoms with van der Waals surface area (Å²) in [6, 6.07) is 13.3. The number of piperazine rings is 1. The van der Waals surface area contributed by atoms with E-state index in [0.717, 1.165) is 41.6 Å². The van der Waals surface area contributed by atoms with Crippen LogP contribution in [0, 0.1) is 0 Å². The Labute approximate surface area is 190 Å². The Kier molecular flexibility index (Phi) is 5.83. The summed E-state index contributed by atoms with van der Waals surface area (Å²) < 4.78 is 16.0. The number of hydrogen-bond donors (Lipinski definition) is 1. The molecule has 2 aliphatic heterocycles. The van der Waals surface area contributed by atoms with Crippen LogP contribution in [-0.2, 0) is 6.54 Å². The lowest BCUT2D eigenvalue weighted by atomic mass is 10.2. The van der Waals surface area contributed by atoms with Crippen molar-refractivity contribution >= 4 is 23.1 Å². The van der Waals surface area contributed by atoms with Crippen LogP contribution in [0.4, 0.5) is 10.5 Å². The zero-order valence-corrected chi connectivity index (χ0v) is 18.6. The molecule has 0 radical (unpaired) electrons. The van der Waals surface area contributed by atoms with E-state index in [9.17, 15) is 4.79 Å². The number of thiazole rings is 1. The average molecular weight is 453 g/mol. The van der Waals surface area contributed by atoms with E-state index in [1.165, 1.54) is 0 Å². The number of nitrogens with zero attached hydrogens (tertiary/aromatic N) is 3. The Hall–Kier alpha value is -3.30. The van der Waals surface area contributed by atoms with Gasteiger partial charge in [-0.25, -0.2) is 9.78 Å². The monoisotopic (exact) mass is 452 g/mol. The molecule has 3 heterocycles. The first-order valence-electron chi connectivity index (χ1n) is 10.4. The van der Waals surface area contributed by atoms with Crippen LogP contribution >= 0.6 is 11.3 Å². The summed E-state index contributed by atoms with van der Waals surface area (Å²) in [7, 11) is 1.67. The van der Waals surface area contributed by atoms with Crippen LogP contribution in [0.2, 0.25) is 0 Å². The number of benzene rings is 2. The molecular formula is C23H24N4O4S. The highest BCUT2D eigenvalue weighted by molar-refractivity contribution is 7.09. The van der Waals surface area contributed by atoms with Crippen molar-refractivity contribution in [2.45, 2.75) is 6.54 Å². The lowest BCUT2D eigenvalue weighted by molar-refractivity contribution is 0.143. The van der Waals surface area contributed by atoms with Gasteiger partial charge in [0.05, 0.1) is 19.3 Å². The predicted octanol–water partition coefficient (Wildman–Crippen LogP) is 3.90. The van der Waals surface area contributed by atoms with Gasteiger partial charge in [0, 0.05) is 48.9 Å². The van der Waals surface area contributed by atoms with Crippen LogP contribution in [0.25, 0.3) is 11.3 Å². The van der Waals surface area contributed by atoms with Crippen molar-refractivity contribution < 1.29 is 19.0 Å². The maximum absolute atomic E-state index is 12.6. The fraction of sp³-hybridized carbons (Fsp3) is 0.304. The SMILES string of the molecule is COc1cccc(-c2csc(CN3CCN(C(=O)Nc4ccc5c(c4)OCO5)CC3)n2)c1. The fourth-order valence-corrected chi connectivity index (χ4v) is 4.62. The second-order valence-electron chi connectivity index (χ2n) is 7.62. The van der Waals surface area contributed by atoms with Gasteiger partial charge in [0.2, 0.25) is 6.79 Å². The van der Waals surface area contributed by atoms with E-state index < -0.39 is 0 Å². The van der Waals surface area contributed by atoms with Gasteiger partial charge in [-0.05, 0) is 24.3 Å². The second kappa shape index (κ2) is 9.05. The van der Waals surface area contributed by atoms with Crippen molar-refractivity contribution in [3.8, 4) is 28.5 Å². The number of hydrogen-bond acceptors (Lipinski definition) is 7. The number of aromatic nitrogens is 1. The summed E-state index contributed by atoms with van der Waals surface area (Å²) in [5.41, 5.74) is 2.72. The number of amides is 2. The summed E-state index contributed by atoms with van der Waals surface area (Å²) in [6.45, 7) is 3.96. The van der Waals surface area contributed by atoms with Crippen molar-refractivity contribution in [2.75, 3.05) is 45.4 Å². The minimum Gasteiger partial charge on any atom is -0.497 e. The lowest BCUT2D eigenvalue weighted by Gasteiger charge is -2.34. The molecule has 0 unspecified atom stereocenters. The third kappa shape index (κ3) is 4.49. The van der Waals surface area contributed by atoms with Crippen LogP contribution in [0.15, 0.2) is 47.8 Å². The smallest absolute Gasteiger partial charge is 0.321 e. The van der Waals surface area contributed by atoms with Crippen molar-refractivity contribution in [1.29, 1.82) is 0 Å². The van der Waals surface area contributed by atoms with E-state index in [-0.39, 0.29) is 12.8 Å². The van der Waals surface area contributed by atoms with Crippen molar-refractivity contribution in [3.05, 3.63) is 52.9 Å². The number of nitrogens with one attached hydrogen (secondary N) is 1. The van der Waals surface area contributed by atoms with Gasteiger partial charge in [-0.1, -0.05) is 12.1 Å². The van der Waals surface area contributed by atoms with Gasteiger partial charge < -0.3 is 24.4 Å². The summed E-state index contributed by atoms with van der Waals surface area (Å²) in [5, 5.41) is 6.10. The molecule has 0 saturated carbocycles. The molecule has 166 valence electrons. The molecule has 1 N–H and O–H groups in total. The molecule has 0 bridgehead atoms. The molecule has 2 aliphatic rings. The number of methoxy groups -OCH3 is 1. The number of carbonyl (C=O) groups excluding carboxylic acids is 1. The van der Waals surface area contributed by atoms with Crippen LogP contribution in [0.1, 0.15) is 5.01 Å². The van der Waals surface area contributed by atoms with Crippen LogP contribution in [0.3, 0.4) is 0 Å². The van der Waals surface area contributed by atoms with Crippen LogP contribution in [-0.4, -0.2) is 60.9 Å². The quantitative estimate of drug-likeness (QED) is 0.633. The van der Waals surface area contributed by atoms with E-state index in [1.807, 2.05) is 41.3 Å². The molecule has 8 nitrogen and oxygen atoms in total. The minimum atomic E-state index is -0.0990. The highest BCUT2D eigenvalue weighted by atomic mass is 32.1. The molecule has 1 fully saturated rings. The topological polar surface area (TPSA) is 76.2 Å². The third-order valence-corrected chi connectivity index (χ3v) is 6.39. The molecule has 1 aromatic heterocycles. The first-order chi connectivity index (χ1) is 15.7. The number of urea groups is 1. The normalized spacial score (nSPS) is 15.6. The van der Waals surface area contributed by atoms with E-state index in [4.69, 9.17) is 19.2 Å². The number of rotatable bonds is 5. The second-order valence-corrected chi connectivity index (χ2v) is 8.56. The Bertz CT molecular complexity index is 1110. The average Bonchev–Trinajstić information content (AvgIpc) is 3.49. The molecule has 5 rings (SSSR count). The summed E-state index contributed by atoms with van der Waals surface area (Å²) >= 11 is 1.66. The van der Waals surface area contributed by atoms with Gasteiger partial charge in [0.25, 0.3) is 0 Å². The van der Waals surface area contributed by atoms with Crippen molar-refractivity contribution in [2.24, 2.45) is 0 Å². The molecule has 3 aromatic rings. The van der Waals surface area contributed by atoms with Gasteiger partial charge >= 0.3 is 6.03 Å². The van der Waals surface area contributed by atoms with Crippen LogP contribution in [0.5, 0.6) is 17.2 Å². The third-order valence-electron chi connectivity index (χ3n) is 5.56. The molecule has 0 spiro atoms. The minimum absolute atomic E-state index is 0.0990. The highest BCUT2D eigenvalue weighted by Crippen LogP contribution is 2.34. The zero-order valence-electron chi connectivity index (χ0n) is 17.7. The van der Waals surface area contributed by atoms with Crippen LogP contribution < -0.4 is 19.5 Å². The maximum atomic E-state index is 12.6. The largest absolute Gasteiger partial charge is 0.497 e. The standard InChI is InChI=1S/C23H24N4O4S/c1-29-18-4-2-3-16(11-18)19-14-32-22(25-19)13-26-7-9-27(10-8-26)23(28)24-17-5-6-20-21(12-17)31-15-30-20/h2-6,11-12,14H,7-10,13,15H2,1H3,(H,24,28). The first-order valence-corrected chi connectivity index (χ1v) is 11.3. The maximum Gasteiger partial charge on any atom is 0.321 e. The molecule has 1 saturated heterocycles. The van der Waals surface area contributed by atoms with E-state index in [0.29, 0.717) is 30.3 Å². The zero-order chi connectivity index (χ0) is 21.9. The number of fused-ring (bicyclic) bond motifs is 1. The number of carbonyl (C=O) groups is 1. The number of ether oxygens (including phenoxy) is 3. The fourth-order valence-electron chi connectivity index (χ4n) is 3.78. The van der Waals surface area contributed by atoms with Gasteiger partial charge in [0.15, 0.2) is 11.5 Å². The number of anilines is 1.